The molecule has 4 rings (SSSR count). The first-order chi connectivity index (χ1) is 13.0. The highest BCUT2D eigenvalue weighted by atomic mass is 16.5. The van der Waals surface area contributed by atoms with Gasteiger partial charge >= 0.3 is 5.63 Å². The Kier molecular flexibility index (Phi) is 5.67. The molecule has 2 aliphatic rings. The summed E-state index contributed by atoms with van der Waals surface area (Å²) in [6.07, 6.45) is 6.17. The van der Waals surface area contributed by atoms with Crippen LogP contribution in [0.15, 0.2) is 33.5 Å². The predicted molar refractivity (Wildman–Crippen MR) is 116 cm³/mol. The van der Waals surface area contributed by atoms with Gasteiger partial charge in [0, 0.05) is 17.5 Å². The summed E-state index contributed by atoms with van der Waals surface area (Å²) in [5, 5.41) is 0.956. The van der Waals surface area contributed by atoms with Crippen molar-refractivity contribution in [2.75, 3.05) is 7.11 Å². The molecule has 1 aromatic heterocycles. The molecule has 1 aromatic carbocycles. The van der Waals surface area contributed by atoms with Gasteiger partial charge in [-0.15, -0.1) is 0 Å². The molecule has 0 spiro atoms. The van der Waals surface area contributed by atoms with Crippen LogP contribution in [-0.4, -0.2) is 7.11 Å². The number of hydrogen-bond acceptors (Lipinski definition) is 3. The van der Waals surface area contributed by atoms with Crippen LogP contribution in [0, 0.1) is 23.2 Å². The Morgan fingerprint density at radius 2 is 1.71 bits per heavy atom. The van der Waals surface area contributed by atoms with Crippen LogP contribution in [0.5, 0.6) is 5.75 Å². The van der Waals surface area contributed by atoms with Gasteiger partial charge in [0.05, 0.1) is 7.11 Å². The molecule has 2 aliphatic carbocycles. The summed E-state index contributed by atoms with van der Waals surface area (Å²) < 4.78 is 10.3. The van der Waals surface area contributed by atoms with E-state index < -0.39 is 0 Å². The van der Waals surface area contributed by atoms with E-state index in [-0.39, 0.29) is 11.0 Å². The minimum absolute atomic E-state index is 0.0945. The number of rotatable bonds is 1. The van der Waals surface area contributed by atoms with Crippen molar-refractivity contribution in [3.05, 3.63) is 40.2 Å². The fourth-order valence-electron chi connectivity index (χ4n) is 5.20. The van der Waals surface area contributed by atoms with E-state index in [1.165, 1.54) is 19.3 Å². The summed E-state index contributed by atoms with van der Waals surface area (Å²) in [7, 11) is 1.59. The highest BCUT2D eigenvalue weighted by molar-refractivity contribution is 5.82. The molecular formula is C25H36O3. The third kappa shape index (κ3) is 4.45. The zero-order chi connectivity index (χ0) is 20.7. The van der Waals surface area contributed by atoms with E-state index in [1.807, 2.05) is 12.1 Å². The van der Waals surface area contributed by atoms with Crippen molar-refractivity contribution in [2.24, 2.45) is 23.2 Å². The molecule has 2 bridgehead atoms. The summed E-state index contributed by atoms with van der Waals surface area (Å²) in [6, 6.07) is 7.11. The quantitative estimate of drug-likeness (QED) is 0.522. The smallest absolute Gasteiger partial charge is 0.336 e. The Morgan fingerprint density at radius 1 is 1.00 bits per heavy atom. The molecule has 0 radical (unpaired) electrons. The van der Waals surface area contributed by atoms with E-state index in [0.29, 0.717) is 16.7 Å². The summed E-state index contributed by atoms with van der Waals surface area (Å²) in [5.74, 6) is 3.94. The van der Waals surface area contributed by atoms with Crippen LogP contribution in [0.25, 0.3) is 11.0 Å². The van der Waals surface area contributed by atoms with Crippen LogP contribution in [0.4, 0.5) is 0 Å². The van der Waals surface area contributed by atoms with E-state index in [1.54, 1.807) is 25.7 Å². The van der Waals surface area contributed by atoms with Gasteiger partial charge in [-0.3, -0.25) is 0 Å². The van der Waals surface area contributed by atoms with Crippen LogP contribution in [0.2, 0.25) is 0 Å². The third-order valence-corrected chi connectivity index (χ3v) is 6.61. The lowest BCUT2D eigenvalue weighted by Crippen LogP contribution is -2.25. The molecule has 0 N–H and O–H groups in total. The number of methoxy groups -OCH3 is 1. The fourth-order valence-corrected chi connectivity index (χ4v) is 5.20. The minimum atomic E-state index is -0.323. The number of benzene rings is 1. The molecule has 3 nitrogen and oxygen atoms in total. The average Bonchev–Trinajstić information content (AvgIpc) is 3.23. The molecule has 0 saturated heterocycles. The number of ether oxygens (including phenoxy) is 1. The largest absolute Gasteiger partial charge is 0.497 e. The van der Waals surface area contributed by atoms with Crippen molar-refractivity contribution >= 4 is 11.0 Å². The molecule has 3 unspecified atom stereocenters. The van der Waals surface area contributed by atoms with Crippen molar-refractivity contribution in [3.8, 4) is 5.75 Å². The predicted octanol–water partition coefficient (Wildman–Crippen LogP) is 6.57. The molecule has 0 aliphatic heterocycles. The van der Waals surface area contributed by atoms with Gasteiger partial charge < -0.3 is 9.15 Å². The molecule has 2 saturated carbocycles. The van der Waals surface area contributed by atoms with Gasteiger partial charge in [0.15, 0.2) is 0 Å². The second-order valence-electron chi connectivity index (χ2n) is 10.7. The Labute approximate surface area is 169 Å². The fraction of sp³-hybridized carbons (Fsp3) is 0.640. The lowest BCUT2D eigenvalue weighted by Gasteiger charge is -2.34. The van der Waals surface area contributed by atoms with Crippen molar-refractivity contribution in [1.82, 2.24) is 0 Å². The molecule has 28 heavy (non-hydrogen) atoms. The molecule has 2 fully saturated rings. The first kappa shape index (κ1) is 21.0. The van der Waals surface area contributed by atoms with Crippen LogP contribution in [0.3, 0.4) is 0 Å². The van der Waals surface area contributed by atoms with Gasteiger partial charge in [0.2, 0.25) is 0 Å². The lowest BCUT2D eigenvalue weighted by molar-refractivity contribution is 0.161. The van der Waals surface area contributed by atoms with Crippen LogP contribution in [0.1, 0.15) is 72.8 Å². The maximum atomic E-state index is 11.5. The van der Waals surface area contributed by atoms with Crippen LogP contribution < -0.4 is 10.4 Å². The van der Waals surface area contributed by atoms with Gasteiger partial charge in [-0.05, 0) is 65.5 Å². The Balaban J connectivity index is 0.000000176. The van der Waals surface area contributed by atoms with E-state index >= 15 is 0 Å². The second-order valence-corrected chi connectivity index (χ2v) is 10.7. The highest BCUT2D eigenvalue weighted by Gasteiger charge is 2.44. The van der Waals surface area contributed by atoms with Crippen LogP contribution in [-0.2, 0) is 5.41 Å². The van der Waals surface area contributed by atoms with Gasteiger partial charge in [0.25, 0.3) is 0 Å². The molecule has 3 atom stereocenters. The molecule has 3 heteroatoms. The molecule has 1 heterocycles. The summed E-state index contributed by atoms with van der Waals surface area (Å²) in [6.45, 7) is 13.5. The van der Waals surface area contributed by atoms with Gasteiger partial charge in [0.1, 0.15) is 11.3 Å². The monoisotopic (exact) mass is 384 g/mol. The summed E-state index contributed by atoms with van der Waals surface area (Å²) >= 11 is 0. The second kappa shape index (κ2) is 7.57. The van der Waals surface area contributed by atoms with Gasteiger partial charge in [-0.2, -0.15) is 0 Å². The normalized spacial score (nSPS) is 24.2. The van der Waals surface area contributed by atoms with Crippen molar-refractivity contribution in [2.45, 2.75) is 72.6 Å². The van der Waals surface area contributed by atoms with Crippen molar-refractivity contribution in [3.63, 3.8) is 0 Å². The van der Waals surface area contributed by atoms with E-state index in [2.05, 4.69) is 41.5 Å². The highest BCUT2D eigenvalue weighted by Crippen LogP contribution is 2.54. The average molecular weight is 385 g/mol. The van der Waals surface area contributed by atoms with Crippen molar-refractivity contribution in [1.29, 1.82) is 0 Å². The first-order valence-electron chi connectivity index (χ1n) is 10.6. The summed E-state index contributed by atoms with van der Waals surface area (Å²) in [5.41, 5.74) is 1.73. The number of fused-ring (bicyclic) bond motifs is 3. The third-order valence-electron chi connectivity index (χ3n) is 6.61. The Hall–Kier alpha value is -1.77. The Bertz CT molecular complexity index is 879. The molecular weight excluding hydrogens is 348 g/mol. The minimum Gasteiger partial charge on any atom is -0.497 e. The van der Waals surface area contributed by atoms with Gasteiger partial charge in [-0.1, -0.05) is 48.0 Å². The van der Waals surface area contributed by atoms with E-state index in [4.69, 9.17) is 9.15 Å². The van der Waals surface area contributed by atoms with Crippen molar-refractivity contribution < 1.29 is 9.15 Å². The molecule has 154 valence electrons. The topological polar surface area (TPSA) is 39.4 Å². The van der Waals surface area contributed by atoms with Gasteiger partial charge in [-0.25, -0.2) is 4.79 Å². The summed E-state index contributed by atoms with van der Waals surface area (Å²) in [4.78, 5) is 11.5. The van der Waals surface area contributed by atoms with Crippen LogP contribution >= 0.6 is 0 Å². The zero-order valence-electron chi connectivity index (χ0n) is 18.6. The molecule has 0 amide bonds. The molecule has 2 aromatic rings. The maximum Gasteiger partial charge on any atom is 0.336 e. The first-order valence-corrected chi connectivity index (χ1v) is 10.6. The SMILES string of the molecule is CC(C)(C)C1CC2CCC1C2.COc1ccc2c(C(C)(C)C)cc(=O)oc2c1. The zero-order valence-corrected chi connectivity index (χ0v) is 18.6. The number of hydrogen-bond donors (Lipinski definition) is 0. The Morgan fingerprint density at radius 3 is 2.18 bits per heavy atom. The van der Waals surface area contributed by atoms with E-state index in [9.17, 15) is 4.79 Å². The van der Waals surface area contributed by atoms with E-state index in [0.717, 1.165) is 28.7 Å². The lowest BCUT2D eigenvalue weighted by atomic mass is 9.72. The standard InChI is InChI=1S/C14H16O3.C11H20/c1-14(2,3)11-8-13(15)17-12-7-9(16-4)5-6-10(11)12;1-11(2,3)10-7-8-4-5-9(10)6-8/h5-8H,1-4H3;8-10H,4-7H2,1-3H3. The maximum absolute atomic E-state index is 11.5.